The normalized spacial score (nSPS) is 13.1. The van der Waals surface area contributed by atoms with Crippen molar-refractivity contribution in [2.75, 3.05) is 6.61 Å². The van der Waals surface area contributed by atoms with Crippen molar-refractivity contribution in [3.05, 3.63) is 29.7 Å². The van der Waals surface area contributed by atoms with Crippen LogP contribution in [-0.2, 0) is 6.54 Å². The van der Waals surface area contributed by atoms with Crippen molar-refractivity contribution in [1.29, 1.82) is 0 Å². The van der Waals surface area contributed by atoms with E-state index in [1.54, 1.807) is 6.20 Å². The van der Waals surface area contributed by atoms with Gasteiger partial charge in [0.25, 0.3) is 0 Å². The smallest absolute Gasteiger partial charge is 0.152 e. The fourth-order valence-electron chi connectivity index (χ4n) is 2.27. The monoisotopic (exact) mass is 277 g/mol. The van der Waals surface area contributed by atoms with Gasteiger partial charge in [-0.2, -0.15) is 5.10 Å². The topological polar surface area (TPSA) is 74.1 Å². The number of H-pyrrole nitrogens is 1. The summed E-state index contributed by atoms with van der Waals surface area (Å²) in [6, 6.07) is 3.98. The van der Waals surface area contributed by atoms with Gasteiger partial charge in [0.1, 0.15) is 11.5 Å². The second kappa shape index (κ2) is 6.72. The Balaban J connectivity index is 2.02. The standard InChI is InChI=1S/C15H23N3O2/c1-10(2)6-13(9-19)16-7-12-8-17-18-15(12)14-5-4-11(3)20-14/h4-5,8,10,13,16,19H,6-7,9H2,1-3H3,(H,17,18). The minimum absolute atomic E-state index is 0.107. The lowest BCUT2D eigenvalue weighted by Crippen LogP contribution is -2.33. The van der Waals surface area contributed by atoms with E-state index in [4.69, 9.17) is 4.42 Å². The van der Waals surface area contributed by atoms with Crippen LogP contribution in [0.2, 0.25) is 0 Å². The third kappa shape index (κ3) is 3.71. The second-order valence-electron chi connectivity index (χ2n) is 5.57. The molecule has 5 heteroatoms. The average Bonchev–Trinajstić information content (AvgIpc) is 3.02. The first-order valence-electron chi connectivity index (χ1n) is 7.03. The molecule has 0 aliphatic rings. The third-order valence-corrected chi connectivity index (χ3v) is 3.26. The highest BCUT2D eigenvalue weighted by molar-refractivity contribution is 5.56. The van der Waals surface area contributed by atoms with Crippen LogP contribution >= 0.6 is 0 Å². The minimum Gasteiger partial charge on any atom is -0.460 e. The zero-order valence-corrected chi connectivity index (χ0v) is 12.3. The zero-order chi connectivity index (χ0) is 14.5. The molecule has 2 heterocycles. The number of hydrogen-bond acceptors (Lipinski definition) is 4. The third-order valence-electron chi connectivity index (χ3n) is 3.26. The van der Waals surface area contributed by atoms with Crippen LogP contribution in [0.4, 0.5) is 0 Å². The Hall–Kier alpha value is -1.59. The molecule has 0 aromatic carbocycles. The Morgan fingerprint density at radius 2 is 2.20 bits per heavy atom. The van der Waals surface area contributed by atoms with E-state index in [1.807, 2.05) is 19.1 Å². The highest BCUT2D eigenvalue weighted by Crippen LogP contribution is 2.23. The average molecular weight is 277 g/mol. The number of nitrogens with one attached hydrogen (secondary N) is 2. The summed E-state index contributed by atoms with van der Waals surface area (Å²) in [6.07, 6.45) is 2.74. The number of aromatic nitrogens is 2. The largest absolute Gasteiger partial charge is 0.460 e. The summed E-state index contributed by atoms with van der Waals surface area (Å²) in [5.41, 5.74) is 1.94. The van der Waals surface area contributed by atoms with Crippen molar-refractivity contribution in [3.63, 3.8) is 0 Å². The highest BCUT2D eigenvalue weighted by Gasteiger charge is 2.14. The molecular formula is C15H23N3O2. The molecule has 2 aromatic heterocycles. The molecule has 110 valence electrons. The molecule has 0 bridgehead atoms. The van der Waals surface area contributed by atoms with E-state index in [2.05, 4.69) is 29.4 Å². The van der Waals surface area contributed by atoms with Gasteiger partial charge in [0.05, 0.1) is 12.8 Å². The molecule has 0 spiro atoms. The van der Waals surface area contributed by atoms with Crippen molar-refractivity contribution in [2.45, 2.75) is 39.8 Å². The maximum absolute atomic E-state index is 9.39. The van der Waals surface area contributed by atoms with Crippen molar-refractivity contribution in [3.8, 4) is 11.5 Å². The van der Waals surface area contributed by atoms with E-state index in [0.29, 0.717) is 12.5 Å². The molecule has 20 heavy (non-hydrogen) atoms. The van der Waals surface area contributed by atoms with Crippen LogP contribution in [0.25, 0.3) is 11.5 Å². The van der Waals surface area contributed by atoms with Crippen molar-refractivity contribution >= 4 is 0 Å². The first-order chi connectivity index (χ1) is 9.60. The van der Waals surface area contributed by atoms with Crippen molar-refractivity contribution < 1.29 is 9.52 Å². The van der Waals surface area contributed by atoms with Gasteiger partial charge in [-0.15, -0.1) is 0 Å². The first-order valence-corrected chi connectivity index (χ1v) is 7.03. The molecule has 1 atom stereocenters. The summed E-state index contributed by atoms with van der Waals surface area (Å²) in [7, 11) is 0. The molecule has 0 aliphatic heterocycles. The Kier molecular flexibility index (Phi) is 4.98. The molecule has 0 aliphatic carbocycles. The van der Waals surface area contributed by atoms with Crippen LogP contribution in [0.5, 0.6) is 0 Å². The number of aliphatic hydroxyl groups is 1. The quantitative estimate of drug-likeness (QED) is 0.727. The molecule has 0 fully saturated rings. The van der Waals surface area contributed by atoms with Gasteiger partial charge in [0.2, 0.25) is 0 Å². The molecular weight excluding hydrogens is 254 g/mol. The summed E-state index contributed by atoms with van der Waals surface area (Å²) in [5, 5.41) is 19.8. The summed E-state index contributed by atoms with van der Waals surface area (Å²) < 4.78 is 5.62. The Labute approximate surface area is 119 Å². The molecule has 2 rings (SSSR count). The molecule has 3 N–H and O–H groups in total. The van der Waals surface area contributed by atoms with E-state index in [-0.39, 0.29) is 12.6 Å². The van der Waals surface area contributed by atoms with Crippen LogP contribution in [-0.4, -0.2) is 28.0 Å². The lowest BCUT2D eigenvalue weighted by Gasteiger charge is -2.18. The Bertz CT molecular complexity index is 531. The number of aromatic amines is 1. The van der Waals surface area contributed by atoms with Crippen LogP contribution in [0.1, 0.15) is 31.6 Å². The van der Waals surface area contributed by atoms with Gasteiger partial charge in [-0.05, 0) is 31.4 Å². The summed E-state index contributed by atoms with van der Waals surface area (Å²) in [6.45, 7) is 7.02. The number of nitrogens with zero attached hydrogens (tertiary/aromatic N) is 1. The van der Waals surface area contributed by atoms with Gasteiger partial charge >= 0.3 is 0 Å². The lowest BCUT2D eigenvalue weighted by molar-refractivity contribution is 0.223. The molecule has 1 unspecified atom stereocenters. The maximum Gasteiger partial charge on any atom is 0.152 e. The maximum atomic E-state index is 9.39. The molecule has 0 radical (unpaired) electrons. The number of aliphatic hydroxyl groups excluding tert-OH is 1. The molecule has 2 aromatic rings. The van der Waals surface area contributed by atoms with Crippen LogP contribution in [0, 0.1) is 12.8 Å². The van der Waals surface area contributed by atoms with E-state index < -0.39 is 0 Å². The number of hydrogen-bond donors (Lipinski definition) is 3. The van der Waals surface area contributed by atoms with E-state index in [9.17, 15) is 5.11 Å². The van der Waals surface area contributed by atoms with E-state index >= 15 is 0 Å². The fourth-order valence-corrected chi connectivity index (χ4v) is 2.27. The molecule has 0 amide bonds. The lowest BCUT2D eigenvalue weighted by atomic mass is 10.0. The number of aryl methyl sites for hydroxylation is 1. The minimum atomic E-state index is 0.107. The Morgan fingerprint density at radius 1 is 1.40 bits per heavy atom. The van der Waals surface area contributed by atoms with E-state index in [0.717, 1.165) is 29.2 Å². The predicted molar refractivity (Wildman–Crippen MR) is 78.2 cm³/mol. The summed E-state index contributed by atoms with van der Waals surface area (Å²) in [5.74, 6) is 2.22. The van der Waals surface area contributed by atoms with Gasteiger partial charge in [-0.25, -0.2) is 0 Å². The van der Waals surface area contributed by atoms with Crippen LogP contribution < -0.4 is 5.32 Å². The van der Waals surface area contributed by atoms with Gasteiger partial charge in [0.15, 0.2) is 5.76 Å². The SMILES string of the molecule is Cc1ccc(-c2[nH]ncc2CNC(CO)CC(C)C)o1. The first kappa shape index (κ1) is 14.8. The summed E-state index contributed by atoms with van der Waals surface area (Å²) >= 11 is 0. The van der Waals surface area contributed by atoms with Gasteiger partial charge < -0.3 is 14.8 Å². The molecule has 0 saturated heterocycles. The van der Waals surface area contributed by atoms with E-state index in [1.165, 1.54) is 0 Å². The number of rotatable bonds is 7. The zero-order valence-electron chi connectivity index (χ0n) is 12.3. The summed E-state index contributed by atoms with van der Waals surface area (Å²) in [4.78, 5) is 0. The van der Waals surface area contributed by atoms with Crippen LogP contribution in [0.15, 0.2) is 22.7 Å². The Morgan fingerprint density at radius 3 is 2.80 bits per heavy atom. The fraction of sp³-hybridized carbons (Fsp3) is 0.533. The van der Waals surface area contributed by atoms with Gasteiger partial charge in [0, 0.05) is 18.2 Å². The van der Waals surface area contributed by atoms with Crippen molar-refractivity contribution in [1.82, 2.24) is 15.5 Å². The molecule has 5 nitrogen and oxygen atoms in total. The highest BCUT2D eigenvalue weighted by atomic mass is 16.3. The predicted octanol–water partition coefficient (Wildman–Crippen LogP) is 2.47. The van der Waals surface area contributed by atoms with Crippen molar-refractivity contribution in [2.24, 2.45) is 5.92 Å². The second-order valence-corrected chi connectivity index (χ2v) is 5.57. The number of furan rings is 1. The molecule has 0 saturated carbocycles. The van der Waals surface area contributed by atoms with Crippen LogP contribution in [0.3, 0.4) is 0 Å². The van der Waals surface area contributed by atoms with Gasteiger partial charge in [-0.3, -0.25) is 5.10 Å². The van der Waals surface area contributed by atoms with Gasteiger partial charge in [-0.1, -0.05) is 13.8 Å².